The van der Waals surface area contributed by atoms with Crippen LogP contribution in [0.15, 0.2) is 48.5 Å². The molecule has 0 bridgehead atoms. The summed E-state index contributed by atoms with van der Waals surface area (Å²) in [5, 5.41) is 2.62. The number of aryl methyl sites for hydroxylation is 1. The maximum atomic E-state index is 13.2. The molecule has 0 saturated carbocycles. The average Bonchev–Trinajstić information content (AvgIpc) is 2.91. The Balaban J connectivity index is 1.74. The van der Waals surface area contributed by atoms with Crippen molar-refractivity contribution >= 4 is 17.8 Å². The van der Waals surface area contributed by atoms with E-state index in [1.807, 2.05) is 38.1 Å². The van der Waals surface area contributed by atoms with Crippen molar-refractivity contribution in [2.24, 2.45) is 0 Å². The van der Waals surface area contributed by atoms with Gasteiger partial charge in [-0.2, -0.15) is 0 Å². The number of likely N-dealkylation sites (N-methyl/N-ethyl adjacent to an activating group) is 1. The fourth-order valence-electron chi connectivity index (χ4n) is 3.35. The molecule has 2 aromatic rings. The van der Waals surface area contributed by atoms with Crippen LogP contribution < -0.4 is 5.32 Å². The monoisotopic (exact) mass is 397 g/mol. The van der Waals surface area contributed by atoms with Gasteiger partial charge in [0.05, 0.1) is 6.04 Å². The first-order valence-electron chi connectivity index (χ1n) is 9.36. The molecule has 1 fully saturated rings. The molecule has 1 N–H and O–H groups in total. The van der Waals surface area contributed by atoms with E-state index in [0.29, 0.717) is 5.56 Å². The minimum atomic E-state index is -1.34. The number of nitrogens with one attached hydrogen (secondary N) is 1. The van der Waals surface area contributed by atoms with Crippen molar-refractivity contribution in [3.05, 3.63) is 71.0 Å². The molecule has 152 valence electrons. The van der Waals surface area contributed by atoms with Crippen molar-refractivity contribution in [3.8, 4) is 0 Å². The molecule has 2 aromatic carbocycles. The zero-order chi connectivity index (χ0) is 21.3. The van der Waals surface area contributed by atoms with Crippen LogP contribution in [0, 0.1) is 12.7 Å². The van der Waals surface area contributed by atoms with Crippen molar-refractivity contribution in [2.75, 3.05) is 13.6 Å². The number of benzene rings is 2. The van der Waals surface area contributed by atoms with Gasteiger partial charge in [-0.05, 0) is 44.0 Å². The highest BCUT2D eigenvalue weighted by molar-refractivity contribution is 6.09. The molecule has 7 heteroatoms. The molecule has 3 rings (SSSR count). The number of amides is 4. The van der Waals surface area contributed by atoms with Crippen LogP contribution in [0.5, 0.6) is 0 Å². The largest absolute Gasteiger partial charge is 0.337 e. The van der Waals surface area contributed by atoms with Crippen LogP contribution in [0.4, 0.5) is 9.18 Å². The molecule has 0 aliphatic carbocycles. The smallest absolute Gasteiger partial charge is 0.325 e. The van der Waals surface area contributed by atoms with Crippen LogP contribution in [0.3, 0.4) is 0 Å². The van der Waals surface area contributed by atoms with E-state index in [-0.39, 0.29) is 18.5 Å². The second-order valence-corrected chi connectivity index (χ2v) is 7.54. The molecule has 1 saturated heterocycles. The summed E-state index contributed by atoms with van der Waals surface area (Å²) in [6, 6.07) is 12.3. The molecular formula is C22H24FN3O3. The topological polar surface area (TPSA) is 69.7 Å². The Labute approximate surface area is 169 Å². The summed E-state index contributed by atoms with van der Waals surface area (Å²) in [5.74, 6) is -1.34. The van der Waals surface area contributed by atoms with Gasteiger partial charge >= 0.3 is 6.03 Å². The summed E-state index contributed by atoms with van der Waals surface area (Å²) in [6.07, 6.45) is 0. The fraction of sp³-hybridized carbons (Fsp3) is 0.318. The number of imide groups is 1. The van der Waals surface area contributed by atoms with E-state index in [4.69, 9.17) is 0 Å². The van der Waals surface area contributed by atoms with Gasteiger partial charge in [-0.1, -0.05) is 42.0 Å². The molecule has 4 amide bonds. The lowest BCUT2D eigenvalue weighted by atomic mass is 9.92. The summed E-state index contributed by atoms with van der Waals surface area (Å²) in [7, 11) is 1.64. The first kappa shape index (κ1) is 20.5. The van der Waals surface area contributed by atoms with Gasteiger partial charge in [0.25, 0.3) is 5.91 Å². The lowest BCUT2D eigenvalue weighted by Crippen LogP contribution is -2.44. The second kappa shape index (κ2) is 7.66. The molecule has 1 heterocycles. The lowest BCUT2D eigenvalue weighted by molar-refractivity contribution is -0.139. The maximum absolute atomic E-state index is 13.2. The van der Waals surface area contributed by atoms with Gasteiger partial charge in [0.15, 0.2) is 0 Å². The molecule has 0 radical (unpaired) electrons. The van der Waals surface area contributed by atoms with Crippen molar-refractivity contribution in [1.29, 1.82) is 0 Å². The summed E-state index contributed by atoms with van der Waals surface area (Å²) in [5.41, 5.74) is 1.19. The van der Waals surface area contributed by atoms with E-state index < -0.39 is 23.3 Å². The molecule has 0 aromatic heterocycles. The highest BCUT2D eigenvalue weighted by Crippen LogP contribution is 2.29. The first-order chi connectivity index (χ1) is 13.6. The van der Waals surface area contributed by atoms with Crippen LogP contribution in [-0.4, -0.2) is 41.2 Å². The van der Waals surface area contributed by atoms with Crippen LogP contribution in [0.1, 0.15) is 36.6 Å². The van der Waals surface area contributed by atoms with Gasteiger partial charge in [-0.3, -0.25) is 14.5 Å². The third kappa shape index (κ3) is 3.85. The van der Waals surface area contributed by atoms with Crippen LogP contribution in [0.25, 0.3) is 0 Å². The standard InChI is InChI=1S/C22H24FN3O3/c1-14-5-7-16(8-6-14)15(2)25(4)19(27)13-26-20(28)22(3,24-21(26)29)17-9-11-18(23)12-10-17/h5-12,15H,13H2,1-4H3,(H,24,29). The summed E-state index contributed by atoms with van der Waals surface area (Å²) in [4.78, 5) is 40.5. The zero-order valence-corrected chi connectivity index (χ0v) is 16.9. The van der Waals surface area contributed by atoms with E-state index in [2.05, 4.69) is 5.32 Å². The van der Waals surface area contributed by atoms with Crippen molar-refractivity contribution in [2.45, 2.75) is 32.4 Å². The van der Waals surface area contributed by atoms with E-state index in [1.165, 1.54) is 29.2 Å². The normalized spacial score (nSPS) is 19.8. The fourth-order valence-corrected chi connectivity index (χ4v) is 3.35. The Morgan fingerprint density at radius 1 is 1.14 bits per heavy atom. The number of nitrogens with zero attached hydrogens (tertiary/aromatic N) is 2. The molecule has 2 atom stereocenters. The summed E-state index contributed by atoms with van der Waals surface area (Å²) >= 11 is 0. The van der Waals surface area contributed by atoms with Gasteiger partial charge in [-0.15, -0.1) is 0 Å². The molecule has 29 heavy (non-hydrogen) atoms. The second-order valence-electron chi connectivity index (χ2n) is 7.54. The maximum Gasteiger partial charge on any atom is 0.325 e. The van der Waals surface area contributed by atoms with Gasteiger partial charge in [0.2, 0.25) is 5.91 Å². The van der Waals surface area contributed by atoms with E-state index in [0.717, 1.165) is 16.0 Å². The molecule has 1 aliphatic heterocycles. The average molecular weight is 397 g/mol. The van der Waals surface area contributed by atoms with Crippen molar-refractivity contribution < 1.29 is 18.8 Å². The van der Waals surface area contributed by atoms with Crippen LogP contribution in [-0.2, 0) is 15.1 Å². The summed E-state index contributed by atoms with van der Waals surface area (Å²) < 4.78 is 13.2. The Morgan fingerprint density at radius 3 is 2.31 bits per heavy atom. The molecular weight excluding hydrogens is 373 g/mol. The Kier molecular flexibility index (Phi) is 5.42. The quantitative estimate of drug-likeness (QED) is 0.788. The number of hydrogen-bond acceptors (Lipinski definition) is 3. The number of carbonyl (C=O) groups excluding carboxylic acids is 3. The minimum Gasteiger partial charge on any atom is -0.337 e. The highest BCUT2D eigenvalue weighted by atomic mass is 19.1. The van der Waals surface area contributed by atoms with Crippen LogP contribution in [0.2, 0.25) is 0 Å². The minimum absolute atomic E-state index is 0.215. The number of urea groups is 1. The Hall–Kier alpha value is -3.22. The summed E-state index contributed by atoms with van der Waals surface area (Å²) in [6.45, 7) is 5.05. The van der Waals surface area contributed by atoms with Gasteiger partial charge < -0.3 is 10.2 Å². The van der Waals surface area contributed by atoms with Gasteiger partial charge in [-0.25, -0.2) is 9.18 Å². The van der Waals surface area contributed by atoms with Crippen molar-refractivity contribution in [3.63, 3.8) is 0 Å². The van der Waals surface area contributed by atoms with E-state index in [1.54, 1.807) is 14.0 Å². The molecule has 2 unspecified atom stereocenters. The SMILES string of the molecule is Cc1ccc(C(C)N(C)C(=O)CN2C(=O)NC(C)(c3ccc(F)cc3)C2=O)cc1. The predicted molar refractivity (Wildman–Crippen MR) is 106 cm³/mol. The highest BCUT2D eigenvalue weighted by Gasteiger charge is 2.49. The van der Waals surface area contributed by atoms with Gasteiger partial charge in [0.1, 0.15) is 17.9 Å². The molecule has 0 spiro atoms. The molecule has 1 aliphatic rings. The zero-order valence-electron chi connectivity index (χ0n) is 16.9. The van der Waals surface area contributed by atoms with Gasteiger partial charge in [0, 0.05) is 7.05 Å². The van der Waals surface area contributed by atoms with E-state index in [9.17, 15) is 18.8 Å². The number of carbonyl (C=O) groups is 3. The third-order valence-electron chi connectivity index (χ3n) is 5.52. The number of rotatable bonds is 5. The number of halogens is 1. The third-order valence-corrected chi connectivity index (χ3v) is 5.52. The Morgan fingerprint density at radius 2 is 1.72 bits per heavy atom. The van der Waals surface area contributed by atoms with E-state index >= 15 is 0 Å². The first-order valence-corrected chi connectivity index (χ1v) is 9.36. The predicted octanol–water partition coefficient (Wildman–Crippen LogP) is 3.12. The molecule has 6 nitrogen and oxygen atoms in total. The lowest BCUT2D eigenvalue weighted by Gasteiger charge is -2.27. The van der Waals surface area contributed by atoms with Crippen molar-refractivity contribution in [1.82, 2.24) is 15.1 Å². The van der Waals surface area contributed by atoms with Crippen LogP contribution >= 0.6 is 0 Å². The number of hydrogen-bond donors (Lipinski definition) is 1. The Bertz CT molecular complexity index is 943.